The molecule has 3 aliphatic rings. The van der Waals surface area contributed by atoms with E-state index in [-0.39, 0.29) is 12.3 Å². The van der Waals surface area contributed by atoms with Crippen molar-refractivity contribution in [1.29, 1.82) is 0 Å². The van der Waals surface area contributed by atoms with Crippen LogP contribution in [-0.4, -0.2) is 74.9 Å². The van der Waals surface area contributed by atoms with Gasteiger partial charge in [-0.15, -0.1) is 21.5 Å². The highest BCUT2D eigenvalue weighted by molar-refractivity contribution is 7.15. The van der Waals surface area contributed by atoms with Gasteiger partial charge < -0.3 is 15.5 Å². The minimum atomic E-state index is -0.442. The highest BCUT2D eigenvalue weighted by atomic mass is 35.5. The highest BCUT2D eigenvalue weighted by Crippen LogP contribution is 2.40. The van der Waals surface area contributed by atoms with E-state index in [0.717, 1.165) is 90.9 Å². The van der Waals surface area contributed by atoms with Crippen LogP contribution in [0, 0.1) is 32.6 Å². The molecule has 8 nitrogen and oxygen atoms in total. The van der Waals surface area contributed by atoms with Crippen LogP contribution in [0.1, 0.15) is 88.4 Å². The van der Waals surface area contributed by atoms with E-state index in [1.807, 2.05) is 36.1 Å². The van der Waals surface area contributed by atoms with Crippen LogP contribution in [-0.2, 0) is 4.79 Å². The van der Waals surface area contributed by atoms with Crippen molar-refractivity contribution in [1.82, 2.24) is 24.6 Å². The van der Waals surface area contributed by atoms with Crippen molar-refractivity contribution in [3.05, 3.63) is 97.9 Å². The lowest BCUT2D eigenvalue weighted by atomic mass is 9.87. The molecule has 248 valence electrons. The number of piperidine rings is 2. The largest absolute Gasteiger partial charge is 0.343 e. The summed E-state index contributed by atoms with van der Waals surface area (Å²) in [5.74, 6) is 8.28. The lowest BCUT2D eigenvalue weighted by molar-refractivity contribution is -0.133. The Hall–Kier alpha value is -3.81. The van der Waals surface area contributed by atoms with Gasteiger partial charge in [-0.05, 0) is 101 Å². The first-order chi connectivity index (χ1) is 23.3. The third-order valence-electron chi connectivity index (χ3n) is 10.3. The summed E-state index contributed by atoms with van der Waals surface area (Å²) >= 11 is 7.99. The molecule has 2 aromatic carbocycles. The topological polar surface area (TPSA) is 92.6 Å². The van der Waals surface area contributed by atoms with Gasteiger partial charge in [0.1, 0.15) is 16.9 Å². The molecule has 1 atom stereocenters. The third kappa shape index (κ3) is 6.47. The second kappa shape index (κ2) is 14.0. The van der Waals surface area contributed by atoms with E-state index >= 15 is 0 Å². The number of carbonyl (C=O) groups is 1. The van der Waals surface area contributed by atoms with Gasteiger partial charge in [0.15, 0.2) is 5.82 Å². The fraction of sp³-hybridized carbons (Fsp3) is 0.421. The van der Waals surface area contributed by atoms with Crippen LogP contribution in [0.15, 0.2) is 53.5 Å². The number of fused-ring (bicyclic) bond motifs is 3. The predicted molar refractivity (Wildman–Crippen MR) is 193 cm³/mol. The first-order valence-corrected chi connectivity index (χ1v) is 18.2. The maximum atomic E-state index is 13.9. The monoisotopic (exact) mass is 679 g/mol. The van der Waals surface area contributed by atoms with E-state index < -0.39 is 6.04 Å². The van der Waals surface area contributed by atoms with Crippen LogP contribution in [0.3, 0.4) is 0 Å². The molecule has 3 aliphatic heterocycles. The Morgan fingerprint density at radius 2 is 1.67 bits per heavy atom. The molecule has 0 radical (unpaired) electrons. The van der Waals surface area contributed by atoms with Gasteiger partial charge in [0.05, 0.1) is 18.7 Å². The quantitative estimate of drug-likeness (QED) is 0.248. The van der Waals surface area contributed by atoms with Gasteiger partial charge >= 0.3 is 0 Å². The lowest BCUT2D eigenvalue weighted by Crippen LogP contribution is -2.49. The number of rotatable bonds is 5. The van der Waals surface area contributed by atoms with Gasteiger partial charge in [-0.2, -0.15) is 0 Å². The average Bonchev–Trinajstić information content (AvgIpc) is 3.59. The van der Waals surface area contributed by atoms with E-state index in [1.54, 1.807) is 11.3 Å². The molecule has 7 rings (SSSR count). The zero-order chi connectivity index (χ0) is 33.4. The highest BCUT2D eigenvalue weighted by Gasteiger charge is 2.35. The molecule has 0 spiro atoms. The number of benzene rings is 2. The number of halogens is 1. The summed E-state index contributed by atoms with van der Waals surface area (Å²) < 4.78 is 2.12. The van der Waals surface area contributed by atoms with Gasteiger partial charge in [0, 0.05) is 45.7 Å². The van der Waals surface area contributed by atoms with Crippen molar-refractivity contribution in [2.24, 2.45) is 10.7 Å². The van der Waals surface area contributed by atoms with Crippen molar-refractivity contribution in [3.8, 4) is 16.8 Å². The Balaban J connectivity index is 1.02. The Labute approximate surface area is 292 Å². The van der Waals surface area contributed by atoms with Gasteiger partial charge in [0.25, 0.3) is 0 Å². The van der Waals surface area contributed by atoms with Crippen LogP contribution in [0.25, 0.3) is 5.00 Å². The normalized spacial score (nSPS) is 18.8. The molecule has 10 heteroatoms. The fourth-order valence-corrected chi connectivity index (χ4v) is 8.84. The molecule has 2 fully saturated rings. The molecule has 0 saturated carbocycles. The maximum absolute atomic E-state index is 13.9. The Morgan fingerprint density at radius 1 is 0.958 bits per heavy atom. The van der Waals surface area contributed by atoms with Crippen molar-refractivity contribution < 1.29 is 4.79 Å². The molecule has 2 aromatic heterocycles. The minimum Gasteiger partial charge on any atom is -0.343 e. The number of carbonyl (C=O) groups excluding carboxylic acids is 1. The Bertz CT molecular complexity index is 1880. The maximum Gasteiger partial charge on any atom is 0.225 e. The van der Waals surface area contributed by atoms with Gasteiger partial charge in [-0.1, -0.05) is 47.7 Å². The Morgan fingerprint density at radius 3 is 2.35 bits per heavy atom. The number of nitrogens with two attached hydrogens (primary N) is 1. The number of amides is 1. The number of aliphatic imine (C=N–C) groups is 1. The zero-order valence-electron chi connectivity index (χ0n) is 27.9. The van der Waals surface area contributed by atoms with E-state index in [4.69, 9.17) is 22.3 Å². The van der Waals surface area contributed by atoms with Crippen molar-refractivity contribution in [2.45, 2.75) is 70.9 Å². The number of hydrogen-bond acceptors (Lipinski definition) is 7. The second-order valence-corrected chi connectivity index (χ2v) is 14.8. The molecule has 4 aromatic rings. The van der Waals surface area contributed by atoms with Crippen molar-refractivity contribution in [3.63, 3.8) is 0 Å². The summed E-state index contributed by atoms with van der Waals surface area (Å²) in [6.07, 6.45) is 4.58. The molecular weight excluding hydrogens is 638 g/mol. The number of likely N-dealkylation sites (tertiary alicyclic amines) is 2. The summed E-state index contributed by atoms with van der Waals surface area (Å²) in [5, 5.41) is 10.8. The molecular formula is C38H42ClN7OS. The zero-order valence-corrected chi connectivity index (χ0v) is 29.4. The van der Waals surface area contributed by atoms with Crippen LogP contribution >= 0.6 is 22.9 Å². The number of aromatic nitrogens is 3. The van der Waals surface area contributed by atoms with Crippen LogP contribution in [0.2, 0.25) is 5.02 Å². The summed E-state index contributed by atoms with van der Waals surface area (Å²) in [6, 6.07) is 16.6. The summed E-state index contributed by atoms with van der Waals surface area (Å²) in [5.41, 5.74) is 12.1. The van der Waals surface area contributed by atoms with Crippen LogP contribution < -0.4 is 5.73 Å². The summed E-state index contributed by atoms with van der Waals surface area (Å²) in [4.78, 5) is 25.2. The SMILES string of the molecule is Cc1sc2c(c1C)C(c1ccc(Cl)cc1)=N[C@@H](CC(=O)N1CCC(N3CCC(c4ccc(C#CCN)cc4)CC3)CC1)c1nnc(C)n1-2. The summed E-state index contributed by atoms with van der Waals surface area (Å²) in [6.45, 7) is 10.4. The number of hydrogen-bond donors (Lipinski definition) is 1. The van der Waals surface area contributed by atoms with Crippen molar-refractivity contribution >= 4 is 34.6 Å². The smallest absolute Gasteiger partial charge is 0.225 e. The van der Waals surface area contributed by atoms with Gasteiger partial charge in [-0.25, -0.2) is 0 Å². The second-order valence-electron chi connectivity index (χ2n) is 13.2. The van der Waals surface area contributed by atoms with Gasteiger partial charge in [-0.3, -0.25) is 14.4 Å². The van der Waals surface area contributed by atoms with E-state index in [9.17, 15) is 4.79 Å². The number of thiophene rings is 1. The molecule has 0 aliphatic carbocycles. The lowest BCUT2D eigenvalue weighted by Gasteiger charge is -2.42. The average molecular weight is 680 g/mol. The number of aryl methyl sites for hydroxylation is 2. The molecule has 1 amide bonds. The predicted octanol–water partition coefficient (Wildman–Crippen LogP) is 6.37. The first kappa shape index (κ1) is 32.7. The molecule has 48 heavy (non-hydrogen) atoms. The van der Waals surface area contributed by atoms with E-state index in [2.05, 4.69) is 69.6 Å². The fourth-order valence-electron chi connectivity index (χ4n) is 7.50. The molecule has 2 N–H and O–H groups in total. The standard InChI is InChI=1S/C38H42ClN7OS/c1-24-25(2)48-38-35(24)36(30-10-12-31(39)13-11-30)41-33(37-43-42-26(3)46(37)38)23-34(47)45-21-16-32(17-22-45)44-19-14-29(15-20-44)28-8-6-27(7-9-28)5-4-18-40/h6-13,29,32-33H,14-23,40H2,1-3H3/t33-/m0/s1. The summed E-state index contributed by atoms with van der Waals surface area (Å²) in [7, 11) is 0. The molecule has 5 heterocycles. The molecule has 0 unspecified atom stereocenters. The Kier molecular flexibility index (Phi) is 9.52. The van der Waals surface area contributed by atoms with Crippen molar-refractivity contribution in [2.75, 3.05) is 32.7 Å². The van der Waals surface area contributed by atoms with E-state index in [0.29, 0.717) is 23.5 Å². The number of nitrogens with zero attached hydrogens (tertiary/aromatic N) is 6. The van der Waals surface area contributed by atoms with E-state index in [1.165, 1.54) is 16.0 Å². The molecule has 0 bridgehead atoms. The van der Waals surface area contributed by atoms with Crippen LogP contribution in [0.5, 0.6) is 0 Å². The first-order valence-electron chi connectivity index (χ1n) is 17.0. The third-order valence-corrected chi connectivity index (χ3v) is 11.7. The van der Waals surface area contributed by atoms with Gasteiger partial charge in [0.2, 0.25) is 5.91 Å². The van der Waals surface area contributed by atoms with Crippen LogP contribution in [0.4, 0.5) is 0 Å². The minimum absolute atomic E-state index is 0.126. The molecule has 2 saturated heterocycles.